The standard InChI is InChI=1S/C17H30N2O3/c1-14(22)17(10-18-6-2-4-15(8-18)12-20)11-19-7-3-5-16(9-19)13-21/h10,15-16,20-21H,2-9,11-13H2,1H3. The lowest BCUT2D eigenvalue weighted by Crippen LogP contribution is -2.39. The van der Waals surface area contributed by atoms with Crippen LogP contribution in [-0.2, 0) is 4.79 Å². The summed E-state index contributed by atoms with van der Waals surface area (Å²) in [7, 11) is 0. The summed E-state index contributed by atoms with van der Waals surface area (Å²) >= 11 is 0. The van der Waals surface area contributed by atoms with Gasteiger partial charge < -0.3 is 15.1 Å². The number of hydrogen-bond donors (Lipinski definition) is 2. The topological polar surface area (TPSA) is 64.0 Å². The fourth-order valence-corrected chi connectivity index (χ4v) is 3.51. The Morgan fingerprint density at radius 2 is 1.73 bits per heavy atom. The summed E-state index contributed by atoms with van der Waals surface area (Å²) in [6.45, 7) is 6.45. The Bertz CT molecular complexity index is 397. The zero-order valence-corrected chi connectivity index (χ0v) is 13.7. The molecular weight excluding hydrogens is 280 g/mol. The summed E-state index contributed by atoms with van der Waals surface area (Å²) < 4.78 is 0. The SMILES string of the molecule is CC(=O)C(=CN1CCCC(CO)C1)CN1CCCC(CO)C1. The smallest absolute Gasteiger partial charge is 0.158 e. The Morgan fingerprint density at radius 1 is 1.09 bits per heavy atom. The predicted molar refractivity (Wildman–Crippen MR) is 86.4 cm³/mol. The van der Waals surface area contributed by atoms with Crippen molar-refractivity contribution < 1.29 is 15.0 Å². The second kappa shape index (κ2) is 8.65. The van der Waals surface area contributed by atoms with Gasteiger partial charge in [0.15, 0.2) is 5.78 Å². The molecule has 2 N–H and O–H groups in total. The minimum Gasteiger partial charge on any atom is -0.396 e. The average molecular weight is 310 g/mol. The van der Waals surface area contributed by atoms with Crippen molar-refractivity contribution in [1.29, 1.82) is 0 Å². The highest BCUT2D eigenvalue weighted by atomic mass is 16.3. The van der Waals surface area contributed by atoms with Crippen molar-refractivity contribution >= 4 is 5.78 Å². The fraction of sp³-hybridized carbons (Fsp3) is 0.824. The van der Waals surface area contributed by atoms with Gasteiger partial charge >= 0.3 is 0 Å². The van der Waals surface area contributed by atoms with Crippen molar-refractivity contribution in [3.05, 3.63) is 11.8 Å². The molecule has 0 bridgehead atoms. The predicted octanol–water partition coefficient (Wildman–Crippen LogP) is 0.868. The first-order valence-electron chi connectivity index (χ1n) is 8.52. The Labute approximate surface area is 133 Å². The van der Waals surface area contributed by atoms with Crippen molar-refractivity contribution in [2.45, 2.75) is 32.6 Å². The van der Waals surface area contributed by atoms with Gasteiger partial charge in [-0.2, -0.15) is 0 Å². The van der Waals surface area contributed by atoms with Crippen molar-refractivity contribution in [2.24, 2.45) is 11.8 Å². The van der Waals surface area contributed by atoms with Gasteiger partial charge in [-0.15, -0.1) is 0 Å². The Hall–Kier alpha value is -0.910. The number of hydrogen-bond acceptors (Lipinski definition) is 5. The zero-order chi connectivity index (χ0) is 15.9. The number of Topliss-reactive ketones (excluding diaryl/α,β-unsaturated/α-hetero) is 1. The Kier molecular flexibility index (Phi) is 6.86. The van der Waals surface area contributed by atoms with Gasteiger partial charge in [-0.3, -0.25) is 9.69 Å². The maximum absolute atomic E-state index is 12.0. The van der Waals surface area contributed by atoms with E-state index in [1.807, 2.05) is 6.20 Å². The molecule has 2 atom stereocenters. The summed E-state index contributed by atoms with van der Waals surface area (Å²) in [5, 5.41) is 18.7. The van der Waals surface area contributed by atoms with E-state index >= 15 is 0 Å². The van der Waals surface area contributed by atoms with Gasteiger partial charge in [0.1, 0.15) is 0 Å². The van der Waals surface area contributed by atoms with Crippen LogP contribution in [0, 0.1) is 11.8 Å². The van der Waals surface area contributed by atoms with E-state index < -0.39 is 0 Å². The fourth-order valence-electron chi connectivity index (χ4n) is 3.51. The highest BCUT2D eigenvalue weighted by Gasteiger charge is 2.22. The van der Waals surface area contributed by atoms with Crippen LogP contribution in [-0.4, -0.2) is 71.7 Å². The van der Waals surface area contributed by atoms with Gasteiger partial charge in [-0.1, -0.05) is 0 Å². The molecular formula is C17H30N2O3. The van der Waals surface area contributed by atoms with E-state index in [1.54, 1.807) is 6.92 Å². The van der Waals surface area contributed by atoms with E-state index in [1.165, 1.54) is 0 Å². The Balaban J connectivity index is 1.96. The molecule has 0 radical (unpaired) electrons. The van der Waals surface area contributed by atoms with Crippen molar-refractivity contribution in [3.63, 3.8) is 0 Å². The van der Waals surface area contributed by atoms with Crippen molar-refractivity contribution in [3.8, 4) is 0 Å². The van der Waals surface area contributed by atoms with Gasteiger partial charge in [-0.25, -0.2) is 0 Å². The van der Waals surface area contributed by atoms with Crippen LogP contribution in [0.15, 0.2) is 11.8 Å². The molecule has 0 aliphatic carbocycles. The second-order valence-corrected chi connectivity index (χ2v) is 6.82. The van der Waals surface area contributed by atoms with Gasteiger partial charge in [0.25, 0.3) is 0 Å². The minimum atomic E-state index is 0.122. The lowest BCUT2D eigenvalue weighted by Gasteiger charge is -2.34. The monoisotopic (exact) mass is 310 g/mol. The molecule has 2 heterocycles. The number of rotatable bonds is 6. The number of carbonyl (C=O) groups excluding carboxylic acids is 1. The highest BCUT2D eigenvalue weighted by Crippen LogP contribution is 2.19. The lowest BCUT2D eigenvalue weighted by molar-refractivity contribution is -0.114. The van der Waals surface area contributed by atoms with Gasteiger partial charge in [-0.05, 0) is 51.0 Å². The molecule has 2 fully saturated rings. The Morgan fingerprint density at radius 3 is 2.36 bits per heavy atom. The summed E-state index contributed by atoms with van der Waals surface area (Å²) in [6.07, 6.45) is 6.32. The van der Waals surface area contributed by atoms with E-state index in [-0.39, 0.29) is 19.0 Å². The zero-order valence-electron chi connectivity index (χ0n) is 13.7. The highest BCUT2D eigenvalue weighted by molar-refractivity contribution is 5.93. The summed E-state index contributed by atoms with van der Waals surface area (Å²) in [4.78, 5) is 16.4. The van der Waals surface area contributed by atoms with Gasteiger partial charge in [0.05, 0.1) is 0 Å². The molecule has 0 aromatic rings. The van der Waals surface area contributed by atoms with Crippen LogP contribution in [0.3, 0.4) is 0 Å². The third-order valence-electron chi connectivity index (χ3n) is 4.85. The largest absolute Gasteiger partial charge is 0.396 e. The summed E-state index contributed by atoms with van der Waals surface area (Å²) in [6, 6.07) is 0. The molecule has 126 valence electrons. The van der Waals surface area contributed by atoms with Crippen molar-refractivity contribution in [2.75, 3.05) is 45.9 Å². The third-order valence-corrected chi connectivity index (χ3v) is 4.85. The molecule has 0 amide bonds. The number of likely N-dealkylation sites (tertiary alicyclic amines) is 2. The van der Waals surface area contributed by atoms with Crippen LogP contribution in [0.25, 0.3) is 0 Å². The minimum absolute atomic E-state index is 0.122. The van der Waals surface area contributed by atoms with E-state index in [0.29, 0.717) is 18.4 Å². The van der Waals surface area contributed by atoms with Crippen LogP contribution in [0.4, 0.5) is 0 Å². The molecule has 5 heteroatoms. The molecule has 2 unspecified atom stereocenters. The summed E-state index contributed by atoms with van der Waals surface area (Å²) in [5.74, 6) is 0.792. The number of nitrogens with zero attached hydrogens (tertiary/aromatic N) is 2. The van der Waals surface area contributed by atoms with Crippen LogP contribution in [0.1, 0.15) is 32.6 Å². The molecule has 0 spiro atoms. The van der Waals surface area contributed by atoms with E-state index in [0.717, 1.165) is 57.4 Å². The van der Waals surface area contributed by atoms with Gasteiger partial charge in [0.2, 0.25) is 0 Å². The molecule has 0 aromatic carbocycles. The first-order valence-corrected chi connectivity index (χ1v) is 8.52. The number of piperidine rings is 2. The normalized spacial score (nSPS) is 28.0. The third kappa shape index (κ3) is 5.07. The van der Waals surface area contributed by atoms with Crippen LogP contribution >= 0.6 is 0 Å². The molecule has 2 aliphatic heterocycles. The quantitative estimate of drug-likeness (QED) is 0.713. The number of aliphatic hydroxyl groups excluding tert-OH is 2. The number of carbonyl (C=O) groups is 1. The number of aliphatic hydroxyl groups is 2. The molecule has 2 aliphatic rings. The first-order chi connectivity index (χ1) is 10.6. The van der Waals surface area contributed by atoms with E-state index in [2.05, 4.69) is 9.80 Å². The molecule has 0 aromatic heterocycles. The lowest BCUT2D eigenvalue weighted by atomic mass is 9.97. The first kappa shape index (κ1) is 17.4. The molecule has 0 saturated carbocycles. The average Bonchev–Trinajstić information content (AvgIpc) is 2.54. The maximum atomic E-state index is 12.0. The molecule has 2 rings (SSSR count). The molecule has 5 nitrogen and oxygen atoms in total. The van der Waals surface area contributed by atoms with Crippen LogP contribution in [0.2, 0.25) is 0 Å². The second-order valence-electron chi connectivity index (χ2n) is 6.82. The van der Waals surface area contributed by atoms with E-state index in [4.69, 9.17) is 0 Å². The maximum Gasteiger partial charge on any atom is 0.158 e. The van der Waals surface area contributed by atoms with Gasteiger partial charge in [0, 0.05) is 51.2 Å². The molecule has 22 heavy (non-hydrogen) atoms. The van der Waals surface area contributed by atoms with Crippen molar-refractivity contribution in [1.82, 2.24) is 9.80 Å². The molecule has 2 saturated heterocycles. The van der Waals surface area contributed by atoms with E-state index in [9.17, 15) is 15.0 Å². The number of ketones is 1. The summed E-state index contributed by atoms with van der Waals surface area (Å²) in [5.41, 5.74) is 0.845. The van der Waals surface area contributed by atoms with Crippen LogP contribution in [0.5, 0.6) is 0 Å². The van der Waals surface area contributed by atoms with Crippen LogP contribution < -0.4 is 0 Å².